The van der Waals surface area contributed by atoms with Gasteiger partial charge in [-0.05, 0) is 31.2 Å². The third-order valence-corrected chi connectivity index (χ3v) is 6.25. The largest absolute Gasteiger partial charge is 0.497 e. The van der Waals surface area contributed by atoms with Crippen LogP contribution in [0.1, 0.15) is 37.1 Å². The first-order valence-electron chi connectivity index (χ1n) is 9.71. The molecule has 27 heavy (non-hydrogen) atoms. The predicted molar refractivity (Wildman–Crippen MR) is 105 cm³/mol. The van der Waals surface area contributed by atoms with Gasteiger partial charge in [0.05, 0.1) is 25.3 Å². The summed E-state index contributed by atoms with van der Waals surface area (Å²) in [4.78, 5) is 17.1. The van der Waals surface area contributed by atoms with Gasteiger partial charge in [0.25, 0.3) is 0 Å². The van der Waals surface area contributed by atoms with E-state index in [9.17, 15) is 9.90 Å². The van der Waals surface area contributed by atoms with Gasteiger partial charge < -0.3 is 24.2 Å². The zero-order valence-electron chi connectivity index (χ0n) is 16.7. The second-order valence-electron chi connectivity index (χ2n) is 8.12. The minimum atomic E-state index is -0.293. The van der Waals surface area contributed by atoms with Crippen molar-refractivity contribution in [1.29, 1.82) is 0 Å². The van der Waals surface area contributed by atoms with Crippen LogP contribution in [0.15, 0.2) is 18.2 Å². The van der Waals surface area contributed by atoms with Gasteiger partial charge in [0.2, 0.25) is 5.91 Å². The molecule has 0 unspecified atom stereocenters. The van der Waals surface area contributed by atoms with Crippen molar-refractivity contribution in [3.05, 3.63) is 29.5 Å². The lowest BCUT2D eigenvalue weighted by molar-refractivity contribution is -0.138. The fraction of sp³-hybridized carbons (Fsp3) is 0.571. The van der Waals surface area contributed by atoms with Crippen LogP contribution in [0.3, 0.4) is 0 Å². The standard InChI is InChI=1S/C21H29N3O3/c1-5-6-18(26)24-13-21(11-22(2)12-21)19-15-8-7-14(27-4)9-16(15)23(3)20(19)17(24)10-25/h7-9,17,25H,5-6,10-13H2,1-4H3/t17-/m1/s1. The number of aromatic nitrogens is 1. The maximum atomic E-state index is 12.9. The highest BCUT2D eigenvalue weighted by atomic mass is 16.5. The summed E-state index contributed by atoms with van der Waals surface area (Å²) in [5.41, 5.74) is 3.41. The van der Waals surface area contributed by atoms with Gasteiger partial charge in [-0.2, -0.15) is 0 Å². The van der Waals surface area contributed by atoms with E-state index < -0.39 is 0 Å². The number of amides is 1. The number of methoxy groups -OCH3 is 1. The molecule has 2 aromatic rings. The van der Waals surface area contributed by atoms with E-state index in [1.165, 1.54) is 10.9 Å². The number of hydrogen-bond donors (Lipinski definition) is 1. The first kappa shape index (κ1) is 18.3. The summed E-state index contributed by atoms with van der Waals surface area (Å²) < 4.78 is 7.58. The van der Waals surface area contributed by atoms with Crippen LogP contribution < -0.4 is 4.74 Å². The number of aliphatic hydroxyl groups excluding tert-OH is 1. The van der Waals surface area contributed by atoms with Crippen LogP contribution in [-0.4, -0.2) is 65.8 Å². The fourth-order valence-corrected chi connectivity index (χ4v) is 5.22. The Morgan fingerprint density at radius 3 is 2.63 bits per heavy atom. The molecular weight excluding hydrogens is 342 g/mol. The Morgan fingerprint density at radius 1 is 1.30 bits per heavy atom. The third-order valence-electron chi connectivity index (χ3n) is 6.25. The molecule has 1 amide bonds. The minimum absolute atomic E-state index is 0.0599. The number of aryl methyl sites for hydroxylation is 1. The second-order valence-corrected chi connectivity index (χ2v) is 8.12. The molecule has 1 N–H and O–H groups in total. The molecule has 3 heterocycles. The number of benzene rings is 1. The number of nitrogens with zero attached hydrogens (tertiary/aromatic N) is 3. The van der Waals surface area contributed by atoms with Crippen molar-refractivity contribution in [3.8, 4) is 5.75 Å². The molecular formula is C21H29N3O3. The van der Waals surface area contributed by atoms with Crippen molar-refractivity contribution in [2.75, 3.05) is 40.4 Å². The molecule has 6 nitrogen and oxygen atoms in total. The molecule has 1 fully saturated rings. The van der Waals surface area contributed by atoms with Gasteiger partial charge in [0.15, 0.2) is 0 Å². The number of hydrogen-bond acceptors (Lipinski definition) is 4. The van der Waals surface area contributed by atoms with Crippen molar-refractivity contribution in [1.82, 2.24) is 14.4 Å². The van der Waals surface area contributed by atoms with Crippen molar-refractivity contribution in [2.24, 2.45) is 7.05 Å². The van der Waals surface area contributed by atoms with Gasteiger partial charge in [0.1, 0.15) is 5.75 Å². The summed E-state index contributed by atoms with van der Waals surface area (Å²) in [6.45, 7) is 4.50. The Bertz CT molecular complexity index is 882. The number of fused-ring (bicyclic) bond motifs is 4. The van der Waals surface area contributed by atoms with Gasteiger partial charge in [-0.1, -0.05) is 6.92 Å². The third kappa shape index (κ3) is 2.57. The molecule has 2 aliphatic heterocycles. The monoisotopic (exact) mass is 371 g/mol. The van der Waals surface area contributed by atoms with E-state index in [2.05, 4.69) is 28.6 Å². The lowest BCUT2D eigenvalue weighted by atomic mass is 9.69. The van der Waals surface area contributed by atoms with Crippen LogP contribution in [0.2, 0.25) is 0 Å². The number of ether oxygens (including phenoxy) is 1. The SMILES string of the molecule is CCCC(=O)N1CC2(CN(C)C2)c2c(n(C)c3cc(OC)ccc23)[C@H]1CO. The lowest BCUT2D eigenvalue weighted by Gasteiger charge is -2.55. The maximum absolute atomic E-state index is 12.9. The summed E-state index contributed by atoms with van der Waals surface area (Å²) >= 11 is 0. The van der Waals surface area contributed by atoms with E-state index in [0.717, 1.165) is 36.5 Å². The molecule has 6 heteroatoms. The molecule has 146 valence electrons. The zero-order valence-corrected chi connectivity index (χ0v) is 16.7. The van der Waals surface area contributed by atoms with Crippen molar-refractivity contribution >= 4 is 16.8 Å². The molecule has 1 saturated heterocycles. The average Bonchev–Trinajstić information content (AvgIpc) is 2.93. The van der Waals surface area contributed by atoms with Crippen LogP contribution in [0.4, 0.5) is 0 Å². The Hall–Kier alpha value is -2.05. The van der Waals surface area contributed by atoms with E-state index in [-0.39, 0.29) is 24.0 Å². The van der Waals surface area contributed by atoms with E-state index >= 15 is 0 Å². The average molecular weight is 371 g/mol. The number of rotatable bonds is 4. The van der Waals surface area contributed by atoms with Gasteiger partial charge >= 0.3 is 0 Å². The molecule has 0 radical (unpaired) electrons. The first-order valence-corrected chi connectivity index (χ1v) is 9.71. The van der Waals surface area contributed by atoms with E-state index in [4.69, 9.17) is 4.74 Å². The molecule has 1 spiro atoms. The highest BCUT2D eigenvalue weighted by Crippen LogP contribution is 2.49. The summed E-state index contributed by atoms with van der Waals surface area (Å²) in [5, 5.41) is 11.5. The Morgan fingerprint density at radius 2 is 2.04 bits per heavy atom. The zero-order chi connectivity index (χ0) is 19.3. The number of aliphatic hydroxyl groups is 1. The topological polar surface area (TPSA) is 57.9 Å². The van der Waals surface area contributed by atoms with Crippen LogP contribution in [0.25, 0.3) is 10.9 Å². The molecule has 4 rings (SSSR count). The Labute approximate surface area is 160 Å². The summed E-state index contributed by atoms with van der Waals surface area (Å²) in [6, 6.07) is 5.89. The molecule has 0 saturated carbocycles. The molecule has 0 bridgehead atoms. The summed E-state index contributed by atoms with van der Waals surface area (Å²) in [7, 11) is 5.83. The lowest BCUT2D eigenvalue weighted by Crippen LogP contribution is -2.66. The smallest absolute Gasteiger partial charge is 0.223 e. The summed E-state index contributed by atoms with van der Waals surface area (Å²) in [5.74, 6) is 0.957. The predicted octanol–water partition coefficient (Wildman–Crippen LogP) is 2.05. The number of likely N-dealkylation sites (tertiary alicyclic amines) is 1. The quantitative estimate of drug-likeness (QED) is 0.894. The van der Waals surface area contributed by atoms with Crippen LogP contribution >= 0.6 is 0 Å². The second kappa shape index (κ2) is 6.53. The highest BCUT2D eigenvalue weighted by molar-refractivity contribution is 5.90. The molecule has 1 aromatic carbocycles. The number of likely N-dealkylation sites (N-methyl/N-ethyl adjacent to an activating group) is 1. The number of carbonyl (C=O) groups is 1. The van der Waals surface area contributed by atoms with E-state index in [0.29, 0.717) is 13.0 Å². The normalized spacial score (nSPS) is 21.4. The maximum Gasteiger partial charge on any atom is 0.223 e. The Kier molecular flexibility index (Phi) is 4.43. The van der Waals surface area contributed by atoms with Gasteiger partial charge in [-0.25, -0.2) is 0 Å². The van der Waals surface area contributed by atoms with Gasteiger partial charge in [-0.15, -0.1) is 0 Å². The molecule has 1 atom stereocenters. The molecule has 2 aliphatic rings. The number of carbonyl (C=O) groups excluding carboxylic acids is 1. The van der Waals surface area contributed by atoms with Crippen molar-refractivity contribution < 1.29 is 14.6 Å². The van der Waals surface area contributed by atoms with Crippen LogP contribution in [-0.2, 0) is 17.3 Å². The van der Waals surface area contributed by atoms with Crippen LogP contribution in [0, 0.1) is 0 Å². The van der Waals surface area contributed by atoms with Crippen molar-refractivity contribution in [2.45, 2.75) is 31.2 Å². The minimum Gasteiger partial charge on any atom is -0.497 e. The van der Waals surface area contributed by atoms with E-state index in [1.54, 1.807) is 7.11 Å². The van der Waals surface area contributed by atoms with E-state index in [1.807, 2.05) is 24.9 Å². The molecule has 0 aliphatic carbocycles. The summed E-state index contributed by atoms with van der Waals surface area (Å²) in [6.07, 6.45) is 1.34. The van der Waals surface area contributed by atoms with Crippen molar-refractivity contribution in [3.63, 3.8) is 0 Å². The fourth-order valence-electron chi connectivity index (χ4n) is 5.22. The van der Waals surface area contributed by atoms with Gasteiger partial charge in [0, 0.05) is 55.7 Å². The van der Waals surface area contributed by atoms with Gasteiger partial charge in [-0.3, -0.25) is 4.79 Å². The molecule has 1 aromatic heterocycles. The Balaban J connectivity index is 1.94. The van der Waals surface area contributed by atoms with Crippen LogP contribution in [0.5, 0.6) is 5.75 Å². The first-order chi connectivity index (χ1) is 13.0. The highest BCUT2D eigenvalue weighted by Gasteiger charge is 2.53.